The van der Waals surface area contributed by atoms with Crippen LogP contribution in [0.5, 0.6) is 0 Å². The molecule has 2 nitrogen and oxygen atoms in total. The highest BCUT2D eigenvalue weighted by molar-refractivity contribution is 7.74. The van der Waals surface area contributed by atoms with Crippen LogP contribution in [0.1, 0.15) is 19.8 Å². The van der Waals surface area contributed by atoms with Crippen molar-refractivity contribution in [2.24, 2.45) is 0 Å². The molecule has 0 N–H and O–H groups in total. The van der Waals surface area contributed by atoms with Gasteiger partial charge in [0.25, 0.3) is 7.37 Å². The molecule has 108 valence electrons. The number of benzene rings is 2. The molecule has 0 spiro atoms. The molecule has 21 heavy (non-hydrogen) atoms. The second-order valence-electron chi connectivity index (χ2n) is 4.51. The lowest BCUT2D eigenvalue weighted by molar-refractivity contribution is 0.336. The van der Waals surface area contributed by atoms with Gasteiger partial charge in [-0.3, -0.25) is 4.57 Å². The molecule has 0 aliphatic carbocycles. The summed E-state index contributed by atoms with van der Waals surface area (Å²) in [6.07, 6.45) is 1.42. The van der Waals surface area contributed by atoms with Gasteiger partial charge in [-0.15, -0.1) is 11.8 Å². The Bertz CT molecular complexity index is 610. The van der Waals surface area contributed by atoms with Crippen molar-refractivity contribution in [2.75, 3.05) is 6.61 Å². The van der Waals surface area contributed by atoms with E-state index in [0.717, 1.165) is 17.0 Å². The van der Waals surface area contributed by atoms with Gasteiger partial charge >= 0.3 is 0 Å². The van der Waals surface area contributed by atoms with E-state index in [4.69, 9.17) is 4.52 Å². The van der Waals surface area contributed by atoms with E-state index in [0.29, 0.717) is 13.0 Å². The molecular weight excluding hydrogens is 279 g/mol. The summed E-state index contributed by atoms with van der Waals surface area (Å²) in [6.45, 7) is 2.38. The van der Waals surface area contributed by atoms with Crippen LogP contribution in [0.15, 0.2) is 60.7 Å². The fraction of sp³-hybridized carbons (Fsp3) is 0.222. The lowest BCUT2D eigenvalue weighted by atomic mass is 10.4. The molecule has 2 aromatic carbocycles. The molecule has 2 aromatic rings. The third-order valence-electron chi connectivity index (χ3n) is 2.99. The highest BCUT2D eigenvalue weighted by Crippen LogP contribution is 2.44. The molecular formula is C18H19O2P. The molecule has 2 rings (SSSR count). The van der Waals surface area contributed by atoms with Gasteiger partial charge in [0.15, 0.2) is 0 Å². The van der Waals surface area contributed by atoms with Gasteiger partial charge in [0.2, 0.25) is 0 Å². The molecule has 0 saturated heterocycles. The Labute approximate surface area is 126 Å². The summed E-state index contributed by atoms with van der Waals surface area (Å²) in [4.78, 5) is 0. The summed E-state index contributed by atoms with van der Waals surface area (Å²) in [5.74, 6) is 6.01. The van der Waals surface area contributed by atoms with E-state index >= 15 is 0 Å². The molecule has 0 saturated carbocycles. The first-order valence-electron chi connectivity index (χ1n) is 7.09. The van der Waals surface area contributed by atoms with E-state index in [2.05, 4.69) is 11.8 Å². The van der Waals surface area contributed by atoms with Crippen molar-refractivity contribution in [2.45, 2.75) is 19.8 Å². The average Bonchev–Trinajstić information content (AvgIpc) is 2.56. The zero-order valence-corrected chi connectivity index (χ0v) is 13.1. The Kier molecular flexibility index (Phi) is 5.81. The molecule has 3 heteroatoms. The minimum atomic E-state index is -3.04. The number of hydrogen-bond donors (Lipinski definition) is 0. The highest BCUT2D eigenvalue weighted by atomic mass is 31.2. The second-order valence-corrected chi connectivity index (χ2v) is 6.91. The zero-order valence-electron chi connectivity index (χ0n) is 12.2. The first-order chi connectivity index (χ1) is 10.3. The molecule has 0 unspecified atom stereocenters. The van der Waals surface area contributed by atoms with Crippen molar-refractivity contribution in [1.29, 1.82) is 0 Å². The van der Waals surface area contributed by atoms with Gasteiger partial charge in [-0.2, -0.15) is 0 Å². The second kappa shape index (κ2) is 7.84. The van der Waals surface area contributed by atoms with Gasteiger partial charge in [-0.25, -0.2) is 0 Å². The summed E-state index contributed by atoms with van der Waals surface area (Å²) in [6, 6.07) is 18.7. The van der Waals surface area contributed by atoms with Crippen molar-refractivity contribution in [3.8, 4) is 11.8 Å². The fourth-order valence-electron chi connectivity index (χ4n) is 1.99. The van der Waals surface area contributed by atoms with E-state index in [1.807, 2.05) is 67.6 Å². The summed E-state index contributed by atoms with van der Waals surface area (Å²) >= 11 is 0. The molecule has 0 aliphatic rings. The highest BCUT2D eigenvalue weighted by Gasteiger charge is 2.27. The Balaban J connectivity index is 2.25. The van der Waals surface area contributed by atoms with Crippen LogP contribution in [0.4, 0.5) is 0 Å². The third-order valence-corrected chi connectivity index (χ3v) is 5.50. The summed E-state index contributed by atoms with van der Waals surface area (Å²) in [5, 5.41) is 1.44. The predicted molar refractivity (Wildman–Crippen MR) is 88.4 cm³/mol. The van der Waals surface area contributed by atoms with E-state index < -0.39 is 7.37 Å². The largest absolute Gasteiger partial charge is 0.321 e. The average molecular weight is 298 g/mol. The fourth-order valence-corrected chi connectivity index (χ4v) is 4.06. The normalized spacial score (nSPS) is 10.7. The van der Waals surface area contributed by atoms with Gasteiger partial charge < -0.3 is 4.52 Å². The van der Waals surface area contributed by atoms with Crippen LogP contribution < -0.4 is 10.6 Å². The van der Waals surface area contributed by atoms with Gasteiger partial charge in [-0.05, 0) is 24.3 Å². The minimum Gasteiger partial charge on any atom is -0.321 e. The van der Waals surface area contributed by atoms with Crippen molar-refractivity contribution in [1.82, 2.24) is 0 Å². The Morgan fingerprint density at radius 1 is 0.905 bits per heavy atom. The number of hydrogen-bond acceptors (Lipinski definition) is 2. The third kappa shape index (κ3) is 4.08. The van der Waals surface area contributed by atoms with Gasteiger partial charge in [0.05, 0.1) is 6.61 Å². The monoisotopic (exact) mass is 298 g/mol. The van der Waals surface area contributed by atoms with Crippen molar-refractivity contribution in [3.63, 3.8) is 0 Å². The van der Waals surface area contributed by atoms with Crippen LogP contribution in [0, 0.1) is 11.8 Å². The van der Waals surface area contributed by atoms with Crippen molar-refractivity contribution >= 4 is 18.0 Å². The lowest BCUT2D eigenvalue weighted by Crippen LogP contribution is -2.18. The van der Waals surface area contributed by atoms with E-state index in [1.165, 1.54) is 0 Å². The first kappa shape index (κ1) is 15.6. The molecule has 0 amide bonds. The van der Waals surface area contributed by atoms with E-state index in [9.17, 15) is 4.57 Å². The molecule has 0 bridgehead atoms. The SMILES string of the molecule is CCC#CCCOP(=O)(c1ccccc1)c1ccccc1. The predicted octanol–water partition coefficient (Wildman–Crippen LogP) is 3.74. The standard InChI is InChI=1S/C18H19O2P/c1-2-3-4-11-16-20-21(19,17-12-7-5-8-13-17)18-14-9-6-10-15-18/h5-10,12-15H,2,11,16H2,1H3. The maximum Gasteiger partial charge on any atom is 0.261 e. The molecule has 0 atom stereocenters. The smallest absolute Gasteiger partial charge is 0.261 e. The number of rotatable bonds is 5. The summed E-state index contributed by atoms with van der Waals surface area (Å²) in [7, 11) is -3.04. The molecule has 0 aromatic heterocycles. The Hall–Kier alpha value is -1.81. The van der Waals surface area contributed by atoms with Crippen molar-refractivity contribution in [3.05, 3.63) is 60.7 Å². The minimum absolute atomic E-state index is 0.369. The van der Waals surface area contributed by atoms with Gasteiger partial charge in [0.1, 0.15) is 0 Å². The molecule has 0 aliphatic heterocycles. The molecule has 0 radical (unpaired) electrons. The zero-order chi connectivity index (χ0) is 15.0. The lowest BCUT2D eigenvalue weighted by Gasteiger charge is -2.18. The van der Waals surface area contributed by atoms with E-state index in [-0.39, 0.29) is 0 Å². The molecule has 0 heterocycles. The van der Waals surface area contributed by atoms with E-state index in [1.54, 1.807) is 0 Å². The van der Waals surface area contributed by atoms with Crippen molar-refractivity contribution < 1.29 is 9.09 Å². The summed E-state index contributed by atoms with van der Waals surface area (Å²) < 4.78 is 19.2. The Morgan fingerprint density at radius 2 is 1.43 bits per heavy atom. The van der Waals surface area contributed by atoms with Crippen LogP contribution >= 0.6 is 7.37 Å². The van der Waals surface area contributed by atoms with Crippen LogP contribution in [0.25, 0.3) is 0 Å². The van der Waals surface area contributed by atoms with Crippen LogP contribution in [0.3, 0.4) is 0 Å². The molecule has 0 fully saturated rings. The van der Waals surface area contributed by atoms with Crippen LogP contribution in [-0.4, -0.2) is 6.61 Å². The summed E-state index contributed by atoms with van der Waals surface area (Å²) in [5.41, 5.74) is 0. The quantitative estimate of drug-likeness (QED) is 0.477. The maximum atomic E-state index is 13.4. The maximum absolute atomic E-state index is 13.4. The van der Waals surface area contributed by atoms with Gasteiger partial charge in [0, 0.05) is 23.5 Å². The van der Waals surface area contributed by atoms with Gasteiger partial charge in [-0.1, -0.05) is 43.3 Å². The first-order valence-corrected chi connectivity index (χ1v) is 8.71. The Morgan fingerprint density at radius 3 is 1.90 bits per heavy atom. The topological polar surface area (TPSA) is 26.3 Å². The van der Waals surface area contributed by atoms with Crippen LogP contribution in [0.2, 0.25) is 0 Å². The van der Waals surface area contributed by atoms with Crippen LogP contribution in [-0.2, 0) is 9.09 Å².